The van der Waals surface area contributed by atoms with Gasteiger partial charge in [0.05, 0.1) is 0 Å². The molecular weight excluding hydrogens is 315 g/mol. The van der Waals surface area contributed by atoms with Gasteiger partial charge in [-0.15, -0.1) is 17.0 Å². The van der Waals surface area contributed by atoms with Crippen LogP contribution in [0.15, 0.2) is 0 Å². The molecule has 0 saturated heterocycles. The minimum absolute atomic E-state index is 0. The van der Waals surface area contributed by atoms with Crippen LogP contribution in [0.4, 0.5) is 0 Å². The van der Waals surface area contributed by atoms with Gasteiger partial charge in [0.2, 0.25) is 0 Å². The van der Waals surface area contributed by atoms with E-state index < -0.39 is 6.60 Å². The first-order chi connectivity index (χ1) is 8.54. The Morgan fingerprint density at radius 3 is 0.895 bits per heavy atom. The van der Waals surface area contributed by atoms with Crippen molar-refractivity contribution in [3.05, 3.63) is 0 Å². The second-order valence-corrected chi connectivity index (χ2v) is 13.9. The van der Waals surface area contributed by atoms with Crippen LogP contribution in [0.25, 0.3) is 0 Å². The molecule has 0 aliphatic carbocycles. The van der Waals surface area contributed by atoms with Crippen molar-refractivity contribution in [1.29, 1.82) is 0 Å². The van der Waals surface area contributed by atoms with Gasteiger partial charge >= 0.3 is 117 Å². The van der Waals surface area contributed by atoms with Gasteiger partial charge in [0, 0.05) is 0 Å². The van der Waals surface area contributed by atoms with E-state index >= 15 is 0 Å². The number of halogens is 1. The van der Waals surface area contributed by atoms with Crippen LogP contribution in [0.5, 0.6) is 0 Å². The van der Waals surface area contributed by atoms with Gasteiger partial charge in [-0.05, 0) is 0 Å². The van der Waals surface area contributed by atoms with E-state index in [-0.39, 0.29) is 17.0 Å². The van der Waals surface area contributed by atoms with Crippen LogP contribution < -0.4 is 0 Å². The summed E-state index contributed by atoms with van der Waals surface area (Å²) in [5.41, 5.74) is 0. The summed E-state index contributed by atoms with van der Waals surface area (Å²) in [4.78, 5) is 0. The summed E-state index contributed by atoms with van der Waals surface area (Å²) < 4.78 is 0. The monoisotopic (exact) mass is 354 g/mol. The van der Waals surface area contributed by atoms with E-state index in [1.807, 2.05) is 0 Å². The van der Waals surface area contributed by atoms with Crippen LogP contribution >= 0.6 is 23.6 Å². The molecule has 0 saturated carbocycles. The Morgan fingerprint density at radius 1 is 0.526 bits per heavy atom. The third kappa shape index (κ3) is 8.71. The van der Waals surface area contributed by atoms with Crippen molar-refractivity contribution in [2.75, 3.05) is 31.3 Å². The van der Waals surface area contributed by atoms with Crippen molar-refractivity contribution in [1.82, 2.24) is 0 Å². The molecule has 0 unspecified atom stereocenters. The average molecular weight is 355 g/mol. The van der Waals surface area contributed by atoms with E-state index in [4.69, 9.17) is 0 Å². The molecule has 0 aromatic heterocycles. The van der Waals surface area contributed by atoms with Crippen molar-refractivity contribution in [2.24, 2.45) is 0 Å². The van der Waals surface area contributed by atoms with Crippen molar-refractivity contribution in [2.45, 2.75) is 79.1 Å². The van der Waals surface area contributed by atoms with E-state index in [1.54, 1.807) is 24.6 Å². The molecule has 0 rings (SSSR count). The molecule has 0 radical (unpaired) electrons. The summed E-state index contributed by atoms with van der Waals surface area (Å²) in [6.07, 6.45) is 17.8. The Bertz CT molecular complexity index is 160. The predicted molar refractivity (Wildman–Crippen MR) is 102 cm³/mol. The molecule has 0 N–H and O–H groups in total. The molecule has 0 aromatic rings. The minimum atomic E-state index is -1.36. The maximum absolute atomic E-state index is 2.77. The first kappa shape index (κ1) is 22.2. The summed E-state index contributed by atoms with van der Waals surface area (Å²) in [6, 6.07) is 0. The van der Waals surface area contributed by atoms with E-state index in [1.165, 1.54) is 51.4 Å². The van der Waals surface area contributed by atoms with Crippen molar-refractivity contribution in [3.8, 4) is 0 Å². The number of hydrogen-bond acceptors (Lipinski definition) is 0. The second kappa shape index (κ2) is 11.6. The SMILES string of the molecule is Br.CCCCP(C)(CCCC)(CCCC)CCCC. The summed E-state index contributed by atoms with van der Waals surface area (Å²) in [6.45, 7) is 10.9. The van der Waals surface area contributed by atoms with Crippen LogP contribution in [0.2, 0.25) is 0 Å². The predicted octanol–water partition coefficient (Wildman–Crippen LogP) is 6.95. The van der Waals surface area contributed by atoms with Crippen molar-refractivity contribution >= 4 is 23.6 Å². The molecule has 0 heterocycles. The molecule has 0 fully saturated rings. The number of rotatable bonds is 12. The molecule has 0 nitrogen and oxygen atoms in total. The zero-order chi connectivity index (χ0) is 13.9. The van der Waals surface area contributed by atoms with Crippen LogP contribution in [0.3, 0.4) is 0 Å². The summed E-state index contributed by atoms with van der Waals surface area (Å²) in [5, 5.41) is 0. The molecule has 2 heteroatoms. The Labute approximate surface area is 134 Å². The third-order valence-electron chi connectivity index (χ3n) is 4.84. The van der Waals surface area contributed by atoms with Gasteiger partial charge in [-0.25, -0.2) is 0 Å². The molecule has 0 aromatic carbocycles. The number of unbranched alkanes of at least 4 members (excludes halogenated alkanes) is 4. The second-order valence-electron chi connectivity index (χ2n) is 6.92. The third-order valence-corrected chi connectivity index (χ3v) is 11.7. The van der Waals surface area contributed by atoms with Gasteiger partial charge in [0.25, 0.3) is 0 Å². The van der Waals surface area contributed by atoms with Crippen molar-refractivity contribution < 1.29 is 0 Å². The molecular formula is C17H40BrP. The molecule has 0 bridgehead atoms. The fourth-order valence-electron chi connectivity index (χ4n) is 3.28. The summed E-state index contributed by atoms with van der Waals surface area (Å²) in [7, 11) is 0. The maximum atomic E-state index is 2.77. The average Bonchev–Trinajstić information content (AvgIpc) is 2.40. The quantitative estimate of drug-likeness (QED) is 0.332. The van der Waals surface area contributed by atoms with Crippen molar-refractivity contribution in [3.63, 3.8) is 0 Å². The van der Waals surface area contributed by atoms with Crippen LogP contribution in [-0.2, 0) is 0 Å². The Kier molecular flexibility index (Phi) is 13.5. The van der Waals surface area contributed by atoms with E-state index in [0.29, 0.717) is 0 Å². The Morgan fingerprint density at radius 2 is 0.737 bits per heavy atom. The summed E-state index contributed by atoms with van der Waals surface area (Å²) in [5.74, 6) is 0. The van der Waals surface area contributed by atoms with Gasteiger partial charge in [0.1, 0.15) is 0 Å². The van der Waals surface area contributed by atoms with Gasteiger partial charge in [0.15, 0.2) is 0 Å². The topological polar surface area (TPSA) is 0 Å². The molecule has 0 atom stereocenters. The zero-order valence-electron chi connectivity index (χ0n) is 14.3. The Hall–Kier alpha value is 0.910. The van der Waals surface area contributed by atoms with Gasteiger partial charge in [-0.1, -0.05) is 0 Å². The van der Waals surface area contributed by atoms with E-state index in [9.17, 15) is 0 Å². The number of hydrogen-bond donors (Lipinski definition) is 0. The molecule has 0 spiro atoms. The van der Waals surface area contributed by atoms with E-state index in [0.717, 1.165) is 0 Å². The fraction of sp³-hybridized carbons (Fsp3) is 1.00. The molecule has 120 valence electrons. The summed E-state index contributed by atoms with van der Waals surface area (Å²) >= 11 is 0. The molecule has 0 amide bonds. The Balaban J connectivity index is 0. The molecule has 0 aliphatic heterocycles. The van der Waals surface area contributed by atoms with Crippen LogP contribution in [-0.4, -0.2) is 31.3 Å². The van der Waals surface area contributed by atoms with Crippen LogP contribution in [0, 0.1) is 0 Å². The molecule has 19 heavy (non-hydrogen) atoms. The molecule has 0 aliphatic rings. The van der Waals surface area contributed by atoms with Crippen LogP contribution in [0.1, 0.15) is 79.1 Å². The van der Waals surface area contributed by atoms with Gasteiger partial charge in [-0.3, -0.25) is 0 Å². The normalized spacial score (nSPS) is 13.6. The van der Waals surface area contributed by atoms with E-state index in [2.05, 4.69) is 34.4 Å². The van der Waals surface area contributed by atoms with Gasteiger partial charge < -0.3 is 0 Å². The zero-order valence-corrected chi connectivity index (χ0v) is 16.9. The fourth-order valence-corrected chi connectivity index (χ4v) is 9.83. The van der Waals surface area contributed by atoms with Gasteiger partial charge in [-0.2, -0.15) is 0 Å². The standard InChI is InChI=1S/C17H39P.BrH/c1-6-10-14-18(5,15-11-7-2,16-12-8-3)17-13-9-4;/h6-17H2,1-5H3;1H. The first-order valence-corrected chi connectivity index (χ1v) is 12.0. The first-order valence-electron chi connectivity index (χ1n) is 8.54.